The van der Waals surface area contributed by atoms with Crippen LogP contribution in [0, 0.1) is 5.82 Å². The Morgan fingerprint density at radius 3 is 2.67 bits per heavy atom. The molecule has 2 saturated heterocycles. The van der Waals surface area contributed by atoms with E-state index in [0.717, 1.165) is 5.56 Å². The van der Waals surface area contributed by atoms with Gasteiger partial charge in [0.2, 0.25) is 0 Å². The molecule has 0 N–H and O–H groups in total. The number of thioether (sulfide) groups is 1. The number of rotatable bonds is 4. The van der Waals surface area contributed by atoms with Crippen molar-refractivity contribution in [1.29, 1.82) is 0 Å². The molecule has 1 amide bonds. The summed E-state index contributed by atoms with van der Waals surface area (Å²) in [4.78, 5) is 18.4. The lowest BCUT2D eigenvalue weighted by atomic mass is 10.1. The highest BCUT2D eigenvalue weighted by Crippen LogP contribution is 2.42. The minimum Gasteiger partial charge on any atom is -0.497 e. The number of hydrogen-bond acceptors (Lipinski definition) is 5. The van der Waals surface area contributed by atoms with E-state index in [1.54, 1.807) is 48.4 Å². The number of sulfone groups is 1. The Balaban J connectivity index is 1.63. The number of halogens is 2. The van der Waals surface area contributed by atoms with Gasteiger partial charge in [-0.1, -0.05) is 39.8 Å². The SMILES string of the molecule is COc1ccc(CC(=O)N=C2S[C@@H]3CS(=O)(=O)C[C@@H]3N2c2ccc(Br)cc2F)cc1. The third-order valence-electron chi connectivity index (χ3n) is 4.97. The van der Waals surface area contributed by atoms with E-state index < -0.39 is 21.7 Å². The van der Waals surface area contributed by atoms with E-state index in [-0.39, 0.29) is 34.8 Å². The summed E-state index contributed by atoms with van der Waals surface area (Å²) in [6.07, 6.45) is 0.0817. The average molecular weight is 513 g/mol. The molecule has 0 radical (unpaired) electrons. The molecule has 4 rings (SSSR count). The Morgan fingerprint density at radius 2 is 2.00 bits per heavy atom. The van der Waals surface area contributed by atoms with Crippen LogP contribution in [0.1, 0.15) is 5.56 Å². The summed E-state index contributed by atoms with van der Waals surface area (Å²) in [5.41, 5.74) is 0.989. The van der Waals surface area contributed by atoms with Crippen LogP contribution in [0.15, 0.2) is 51.9 Å². The van der Waals surface area contributed by atoms with E-state index in [0.29, 0.717) is 15.4 Å². The lowest BCUT2D eigenvalue weighted by Crippen LogP contribution is -2.38. The van der Waals surface area contributed by atoms with Gasteiger partial charge in [0.05, 0.1) is 36.8 Å². The van der Waals surface area contributed by atoms with Crippen molar-refractivity contribution in [2.75, 3.05) is 23.5 Å². The maximum absolute atomic E-state index is 14.7. The molecule has 2 aromatic carbocycles. The first-order valence-electron chi connectivity index (χ1n) is 9.11. The van der Waals surface area contributed by atoms with Gasteiger partial charge in [0.15, 0.2) is 15.0 Å². The lowest BCUT2D eigenvalue weighted by Gasteiger charge is -2.25. The molecule has 0 saturated carbocycles. The van der Waals surface area contributed by atoms with Gasteiger partial charge in [0.1, 0.15) is 11.6 Å². The molecular formula is C20H18BrFN2O4S2. The summed E-state index contributed by atoms with van der Waals surface area (Å²) >= 11 is 4.45. The van der Waals surface area contributed by atoms with Gasteiger partial charge >= 0.3 is 0 Å². The van der Waals surface area contributed by atoms with Crippen LogP contribution in [-0.4, -0.2) is 49.4 Å². The van der Waals surface area contributed by atoms with Crippen molar-refractivity contribution >= 4 is 54.3 Å². The van der Waals surface area contributed by atoms with Crippen LogP contribution < -0.4 is 9.64 Å². The fraction of sp³-hybridized carbons (Fsp3) is 0.300. The molecule has 30 heavy (non-hydrogen) atoms. The Kier molecular flexibility index (Phi) is 5.91. The van der Waals surface area contributed by atoms with Gasteiger partial charge in [-0.25, -0.2) is 12.8 Å². The third kappa shape index (κ3) is 4.40. The zero-order chi connectivity index (χ0) is 21.5. The van der Waals surface area contributed by atoms with E-state index in [1.165, 1.54) is 17.8 Å². The first-order valence-corrected chi connectivity index (χ1v) is 12.6. The predicted octanol–water partition coefficient (Wildman–Crippen LogP) is 3.44. The van der Waals surface area contributed by atoms with Crippen LogP contribution >= 0.6 is 27.7 Å². The quantitative estimate of drug-likeness (QED) is 0.624. The number of carbonyl (C=O) groups excluding carboxylic acids is 1. The molecule has 2 fully saturated rings. The van der Waals surface area contributed by atoms with Crippen LogP contribution in [0.2, 0.25) is 0 Å². The van der Waals surface area contributed by atoms with Gasteiger partial charge in [-0.05, 0) is 35.9 Å². The second-order valence-corrected chi connectivity index (χ2v) is 11.4. The van der Waals surface area contributed by atoms with Crippen LogP contribution in [-0.2, 0) is 21.1 Å². The maximum atomic E-state index is 14.7. The Hall–Kier alpha value is -1.91. The van der Waals surface area contributed by atoms with Crippen LogP contribution in [0.25, 0.3) is 0 Å². The van der Waals surface area contributed by atoms with Gasteiger partial charge < -0.3 is 9.64 Å². The molecule has 10 heteroatoms. The highest BCUT2D eigenvalue weighted by atomic mass is 79.9. The molecule has 0 aliphatic carbocycles. The molecule has 0 aromatic heterocycles. The van der Waals surface area contributed by atoms with Gasteiger partial charge in [0, 0.05) is 9.72 Å². The average Bonchev–Trinajstić information content (AvgIpc) is 3.13. The van der Waals surface area contributed by atoms with Crippen molar-refractivity contribution in [3.05, 3.63) is 58.3 Å². The highest BCUT2D eigenvalue weighted by Gasteiger charge is 2.50. The molecule has 2 atom stereocenters. The molecule has 2 aromatic rings. The van der Waals surface area contributed by atoms with Gasteiger partial charge in [-0.15, -0.1) is 0 Å². The van der Waals surface area contributed by atoms with E-state index in [4.69, 9.17) is 4.74 Å². The summed E-state index contributed by atoms with van der Waals surface area (Å²) in [5.74, 6) is -0.304. The van der Waals surface area contributed by atoms with E-state index >= 15 is 0 Å². The zero-order valence-corrected chi connectivity index (χ0v) is 19.1. The summed E-state index contributed by atoms with van der Waals surface area (Å²) in [6, 6.07) is 11.2. The number of methoxy groups -OCH3 is 1. The van der Waals surface area contributed by atoms with Gasteiger partial charge in [0.25, 0.3) is 5.91 Å². The number of nitrogens with zero attached hydrogens (tertiary/aromatic N) is 2. The summed E-state index contributed by atoms with van der Waals surface area (Å²) in [5, 5.41) is 0.0465. The number of ether oxygens (including phenoxy) is 1. The second kappa shape index (κ2) is 8.32. The molecule has 0 bridgehead atoms. The molecule has 0 spiro atoms. The largest absolute Gasteiger partial charge is 0.497 e. The fourth-order valence-electron chi connectivity index (χ4n) is 3.59. The van der Waals surface area contributed by atoms with Crippen molar-refractivity contribution in [1.82, 2.24) is 0 Å². The van der Waals surface area contributed by atoms with Crippen LogP contribution in [0.3, 0.4) is 0 Å². The molecule has 158 valence electrons. The van der Waals surface area contributed by atoms with Crippen LogP contribution in [0.5, 0.6) is 5.75 Å². The summed E-state index contributed by atoms with van der Waals surface area (Å²) in [7, 11) is -1.65. The molecule has 2 aliphatic rings. The normalized spacial score (nSPS) is 23.6. The Bertz CT molecular complexity index is 1120. The fourth-order valence-corrected chi connectivity index (χ4v) is 7.84. The maximum Gasteiger partial charge on any atom is 0.252 e. The van der Waals surface area contributed by atoms with Crippen molar-refractivity contribution < 1.29 is 22.3 Å². The second-order valence-electron chi connectivity index (χ2n) is 7.08. The van der Waals surface area contributed by atoms with E-state index in [1.807, 2.05) is 0 Å². The van der Waals surface area contributed by atoms with Gasteiger partial charge in [-0.3, -0.25) is 4.79 Å². The van der Waals surface area contributed by atoms with E-state index in [9.17, 15) is 17.6 Å². The first kappa shape index (κ1) is 21.3. The van der Waals surface area contributed by atoms with Crippen molar-refractivity contribution in [2.24, 2.45) is 4.99 Å². The van der Waals surface area contributed by atoms with E-state index in [2.05, 4.69) is 20.9 Å². The number of amidine groups is 1. The highest BCUT2D eigenvalue weighted by molar-refractivity contribution is 9.10. The monoisotopic (exact) mass is 512 g/mol. The molecule has 6 nitrogen and oxygen atoms in total. The van der Waals surface area contributed by atoms with Gasteiger partial charge in [-0.2, -0.15) is 4.99 Å². The first-order chi connectivity index (χ1) is 14.3. The minimum atomic E-state index is -3.22. The zero-order valence-electron chi connectivity index (χ0n) is 15.9. The number of anilines is 1. The van der Waals surface area contributed by atoms with Crippen LogP contribution in [0.4, 0.5) is 10.1 Å². The standard InChI is InChI=1S/C20H18BrFN2O4S2/c1-28-14-5-2-12(3-6-14)8-19(25)23-20-24(16-7-4-13(21)9-15(16)22)17-10-30(26,27)11-18(17)29-20/h2-7,9,17-18H,8,10-11H2,1H3/t17-,18+/m0/s1. The number of carbonyl (C=O) groups is 1. The summed E-state index contributed by atoms with van der Waals surface area (Å²) < 4.78 is 44.6. The molecular weight excluding hydrogens is 495 g/mol. The predicted molar refractivity (Wildman–Crippen MR) is 120 cm³/mol. The molecule has 2 aliphatic heterocycles. The number of aliphatic imine (C=N–C) groups is 1. The number of hydrogen-bond donors (Lipinski definition) is 0. The van der Waals surface area contributed by atoms with Crippen molar-refractivity contribution in [2.45, 2.75) is 17.7 Å². The third-order valence-corrected chi connectivity index (χ3v) is 8.67. The molecule has 0 unspecified atom stereocenters. The van der Waals surface area contributed by atoms with Crippen molar-refractivity contribution in [3.8, 4) is 5.75 Å². The lowest BCUT2D eigenvalue weighted by molar-refractivity contribution is -0.117. The number of benzene rings is 2. The molecule has 2 heterocycles. The summed E-state index contributed by atoms with van der Waals surface area (Å²) in [6.45, 7) is 0. The van der Waals surface area contributed by atoms with Crippen molar-refractivity contribution in [3.63, 3.8) is 0 Å². The Labute approximate surface area is 186 Å². The topological polar surface area (TPSA) is 76.0 Å². The minimum absolute atomic E-state index is 0.0112. The Morgan fingerprint density at radius 1 is 1.27 bits per heavy atom. The number of fused-ring (bicyclic) bond motifs is 1. The number of amides is 1. The smallest absolute Gasteiger partial charge is 0.252 e.